The monoisotopic (exact) mass is 291 g/mol. The van der Waals surface area contributed by atoms with E-state index in [-0.39, 0.29) is 5.60 Å². The summed E-state index contributed by atoms with van der Waals surface area (Å²) in [7, 11) is 0. The Kier molecular flexibility index (Phi) is 4.10. The number of ether oxygens (including phenoxy) is 1. The summed E-state index contributed by atoms with van der Waals surface area (Å²) in [6.45, 7) is 13.0. The maximum Gasteiger partial charge on any atom is 0.0813 e. The summed E-state index contributed by atoms with van der Waals surface area (Å²) in [6, 6.07) is 0. The Balaban J connectivity index is 1.74. The largest absolute Gasteiger partial charge is 0.369 e. The summed E-state index contributed by atoms with van der Waals surface area (Å²) in [5.74, 6) is 0. The minimum absolute atomic E-state index is 0.166. The lowest BCUT2D eigenvalue weighted by Crippen LogP contribution is -2.57. The molecule has 0 radical (unpaired) electrons. The van der Waals surface area contributed by atoms with Crippen LogP contribution in [0.1, 0.15) is 56.5 Å². The molecule has 1 aliphatic heterocycles. The van der Waals surface area contributed by atoms with Gasteiger partial charge >= 0.3 is 0 Å². The summed E-state index contributed by atoms with van der Waals surface area (Å²) in [5.41, 5.74) is 4.13. The highest BCUT2D eigenvalue weighted by molar-refractivity contribution is 5.24. The van der Waals surface area contributed by atoms with Gasteiger partial charge in [-0.1, -0.05) is 6.92 Å². The van der Waals surface area contributed by atoms with Crippen molar-refractivity contribution < 1.29 is 4.74 Å². The number of morpholine rings is 1. The second kappa shape index (κ2) is 5.73. The van der Waals surface area contributed by atoms with Crippen LogP contribution in [0.2, 0.25) is 0 Å². The molecule has 0 bridgehead atoms. The van der Waals surface area contributed by atoms with Crippen LogP contribution >= 0.6 is 0 Å². The van der Waals surface area contributed by atoms with E-state index in [1.54, 1.807) is 0 Å². The Morgan fingerprint density at radius 3 is 2.71 bits per heavy atom. The minimum Gasteiger partial charge on any atom is -0.369 e. The molecule has 0 aromatic carbocycles. The molecule has 1 aliphatic carbocycles. The van der Waals surface area contributed by atoms with E-state index in [4.69, 9.17) is 9.84 Å². The van der Waals surface area contributed by atoms with Gasteiger partial charge in [0.2, 0.25) is 0 Å². The molecular weight excluding hydrogens is 262 g/mol. The normalized spacial score (nSPS) is 25.2. The van der Waals surface area contributed by atoms with Crippen molar-refractivity contribution in [1.82, 2.24) is 14.7 Å². The fourth-order valence-corrected chi connectivity index (χ4v) is 3.92. The van der Waals surface area contributed by atoms with Crippen molar-refractivity contribution in [2.45, 2.75) is 78.2 Å². The van der Waals surface area contributed by atoms with Crippen molar-refractivity contribution in [3.63, 3.8) is 0 Å². The first kappa shape index (κ1) is 15.0. The van der Waals surface area contributed by atoms with E-state index >= 15 is 0 Å². The molecule has 4 heteroatoms. The van der Waals surface area contributed by atoms with Crippen molar-refractivity contribution in [2.75, 3.05) is 13.1 Å². The highest BCUT2D eigenvalue weighted by Crippen LogP contribution is 2.40. The Bertz CT molecular complexity index is 504. The molecule has 1 aromatic rings. The number of aromatic nitrogens is 2. The molecule has 0 amide bonds. The van der Waals surface area contributed by atoms with Crippen LogP contribution < -0.4 is 0 Å². The number of hydrogen-bond acceptors (Lipinski definition) is 3. The SMILES string of the molecule is CCCn1nc(C)c(CN2CC(C)OC3(CCC3)C2)c1C. The average molecular weight is 291 g/mol. The highest BCUT2D eigenvalue weighted by Gasteiger charge is 2.44. The molecule has 0 N–H and O–H groups in total. The second-order valence-electron chi connectivity index (χ2n) is 7.01. The van der Waals surface area contributed by atoms with Crippen LogP contribution in [0.4, 0.5) is 0 Å². The van der Waals surface area contributed by atoms with Gasteiger partial charge in [0.15, 0.2) is 0 Å². The van der Waals surface area contributed by atoms with Gasteiger partial charge in [0, 0.05) is 37.4 Å². The van der Waals surface area contributed by atoms with Crippen LogP contribution in [0.5, 0.6) is 0 Å². The third-order valence-corrected chi connectivity index (χ3v) is 5.09. The smallest absolute Gasteiger partial charge is 0.0813 e. The zero-order valence-electron chi connectivity index (χ0n) is 14.0. The van der Waals surface area contributed by atoms with Crippen LogP contribution in [0.25, 0.3) is 0 Å². The van der Waals surface area contributed by atoms with Gasteiger partial charge in [-0.05, 0) is 46.5 Å². The summed E-state index contributed by atoms with van der Waals surface area (Å²) in [6.07, 6.45) is 5.29. The number of nitrogens with zero attached hydrogens (tertiary/aromatic N) is 3. The van der Waals surface area contributed by atoms with E-state index in [2.05, 4.69) is 37.3 Å². The molecule has 1 saturated carbocycles. The minimum atomic E-state index is 0.166. The topological polar surface area (TPSA) is 30.3 Å². The fourth-order valence-electron chi connectivity index (χ4n) is 3.92. The molecule has 2 aliphatic rings. The predicted molar refractivity (Wildman–Crippen MR) is 84.4 cm³/mol. The van der Waals surface area contributed by atoms with Crippen molar-refractivity contribution >= 4 is 0 Å². The molecule has 3 rings (SSSR count). The number of hydrogen-bond donors (Lipinski definition) is 0. The fraction of sp³-hybridized carbons (Fsp3) is 0.824. The Morgan fingerprint density at radius 2 is 2.10 bits per heavy atom. The van der Waals surface area contributed by atoms with Gasteiger partial charge in [-0.2, -0.15) is 5.10 Å². The molecule has 118 valence electrons. The van der Waals surface area contributed by atoms with Gasteiger partial charge in [0.25, 0.3) is 0 Å². The third kappa shape index (κ3) is 2.88. The summed E-state index contributed by atoms with van der Waals surface area (Å²) < 4.78 is 8.39. The van der Waals surface area contributed by atoms with Crippen LogP contribution in [-0.4, -0.2) is 39.5 Å². The maximum absolute atomic E-state index is 6.22. The zero-order valence-corrected chi connectivity index (χ0v) is 14.0. The average Bonchev–Trinajstić information content (AvgIpc) is 2.65. The molecule has 1 saturated heterocycles. The number of aryl methyl sites for hydroxylation is 2. The van der Waals surface area contributed by atoms with Gasteiger partial charge in [0.1, 0.15) is 0 Å². The van der Waals surface area contributed by atoms with E-state index in [9.17, 15) is 0 Å². The Morgan fingerprint density at radius 1 is 1.33 bits per heavy atom. The van der Waals surface area contributed by atoms with Crippen LogP contribution in [0.3, 0.4) is 0 Å². The van der Waals surface area contributed by atoms with Gasteiger partial charge in [-0.15, -0.1) is 0 Å². The molecule has 21 heavy (non-hydrogen) atoms. The standard InChI is InChI=1S/C17H29N3O/c1-5-9-20-15(4)16(14(3)18-20)11-19-10-13(2)21-17(12-19)7-6-8-17/h13H,5-12H2,1-4H3. The first-order valence-electron chi connectivity index (χ1n) is 8.46. The van der Waals surface area contributed by atoms with Crippen molar-refractivity contribution in [3.05, 3.63) is 17.0 Å². The first-order valence-corrected chi connectivity index (χ1v) is 8.46. The van der Waals surface area contributed by atoms with Crippen molar-refractivity contribution in [2.24, 2.45) is 0 Å². The quantitative estimate of drug-likeness (QED) is 0.854. The molecule has 1 spiro atoms. The highest BCUT2D eigenvalue weighted by atomic mass is 16.5. The van der Waals surface area contributed by atoms with E-state index in [0.717, 1.165) is 32.6 Å². The van der Waals surface area contributed by atoms with Gasteiger partial charge < -0.3 is 4.74 Å². The predicted octanol–water partition coefficient (Wildman–Crippen LogP) is 3.05. The molecule has 2 heterocycles. The van der Waals surface area contributed by atoms with Gasteiger partial charge in [0.05, 0.1) is 17.4 Å². The molecule has 1 aromatic heterocycles. The van der Waals surface area contributed by atoms with E-state index in [1.165, 1.54) is 36.2 Å². The lowest BCUT2D eigenvalue weighted by atomic mass is 9.78. The van der Waals surface area contributed by atoms with Crippen LogP contribution in [0, 0.1) is 13.8 Å². The first-order chi connectivity index (χ1) is 10.0. The van der Waals surface area contributed by atoms with Crippen LogP contribution in [-0.2, 0) is 17.8 Å². The van der Waals surface area contributed by atoms with E-state index in [0.29, 0.717) is 6.10 Å². The molecule has 4 nitrogen and oxygen atoms in total. The third-order valence-electron chi connectivity index (χ3n) is 5.09. The Labute approximate surface area is 128 Å². The lowest BCUT2D eigenvalue weighted by molar-refractivity contribution is -0.186. The van der Waals surface area contributed by atoms with Crippen molar-refractivity contribution in [1.29, 1.82) is 0 Å². The van der Waals surface area contributed by atoms with Gasteiger partial charge in [-0.3, -0.25) is 9.58 Å². The molecule has 1 unspecified atom stereocenters. The van der Waals surface area contributed by atoms with E-state index in [1.807, 2.05) is 0 Å². The Hall–Kier alpha value is -0.870. The molecule has 1 atom stereocenters. The second-order valence-corrected chi connectivity index (χ2v) is 7.01. The van der Waals surface area contributed by atoms with Crippen molar-refractivity contribution in [3.8, 4) is 0 Å². The van der Waals surface area contributed by atoms with Crippen LogP contribution in [0.15, 0.2) is 0 Å². The van der Waals surface area contributed by atoms with E-state index < -0.39 is 0 Å². The number of rotatable bonds is 4. The van der Waals surface area contributed by atoms with Gasteiger partial charge in [-0.25, -0.2) is 0 Å². The maximum atomic E-state index is 6.22. The molecular formula is C17H29N3O. The summed E-state index contributed by atoms with van der Waals surface area (Å²) in [5, 5.41) is 4.71. The summed E-state index contributed by atoms with van der Waals surface area (Å²) in [4.78, 5) is 2.58. The zero-order chi connectivity index (χ0) is 15.0. The lowest BCUT2D eigenvalue weighted by Gasteiger charge is -2.50. The molecule has 2 fully saturated rings. The summed E-state index contributed by atoms with van der Waals surface area (Å²) >= 11 is 0.